The van der Waals surface area contributed by atoms with E-state index >= 15 is 0 Å². The molecular formula is C11H12ClN3S. The summed E-state index contributed by atoms with van der Waals surface area (Å²) >= 11 is 7.38. The molecule has 2 N–H and O–H groups in total. The van der Waals surface area contributed by atoms with Gasteiger partial charge in [0.05, 0.1) is 10.6 Å². The van der Waals surface area contributed by atoms with Gasteiger partial charge >= 0.3 is 0 Å². The molecule has 1 aromatic rings. The van der Waals surface area contributed by atoms with Gasteiger partial charge in [-0.25, -0.2) is 0 Å². The molecular weight excluding hydrogens is 242 g/mol. The Morgan fingerprint density at radius 3 is 3.19 bits per heavy atom. The Hall–Kier alpha value is -0.870. The van der Waals surface area contributed by atoms with Gasteiger partial charge in [-0.2, -0.15) is 4.40 Å². The summed E-state index contributed by atoms with van der Waals surface area (Å²) in [6.45, 7) is 1.02. The van der Waals surface area contributed by atoms with Crippen LogP contribution in [0.3, 0.4) is 0 Å². The fraction of sp³-hybridized carbons (Fsp3) is 0.364. The fourth-order valence-electron chi connectivity index (χ4n) is 1.56. The Kier molecular flexibility index (Phi) is 2.69. The van der Waals surface area contributed by atoms with E-state index in [1.165, 1.54) is 24.8 Å². The lowest BCUT2D eigenvalue weighted by Crippen LogP contribution is -2.33. The smallest absolute Gasteiger partial charge is 0.207 e. The van der Waals surface area contributed by atoms with Crippen molar-refractivity contribution in [1.29, 1.82) is 0 Å². The van der Waals surface area contributed by atoms with Crippen LogP contribution in [0.5, 0.6) is 0 Å². The number of nitrogens with one attached hydrogen (secondary N) is 2. The van der Waals surface area contributed by atoms with E-state index in [0.29, 0.717) is 0 Å². The van der Waals surface area contributed by atoms with Crippen LogP contribution >= 0.6 is 23.5 Å². The third kappa shape index (κ3) is 2.28. The van der Waals surface area contributed by atoms with Gasteiger partial charge in [-0.1, -0.05) is 11.6 Å². The SMILES string of the molecule is Clc1ccc2c(c1)SN=C(NCC1CC1)N2. The van der Waals surface area contributed by atoms with Gasteiger partial charge in [-0.05, 0) is 37.0 Å². The molecule has 1 heterocycles. The second-order valence-corrected chi connectivity index (χ2v) is 5.36. The van der Waals surface area contributed by atoms with E-state index in [1.54, 1.807) is 0 Å². The van der Waals surface area contributed by atoms with Crippen molar-refractivity contribution >= 4 is 35.2 Å². The largest absolute Gasteiger partial charge is 0.355 e. The third-order valence-corrected chi connectivity index (χ3v) is 3.73. The average molecular weight is 254 g/mol. The molecule has 1 aliphatic carbocycles. The first-order valence-corrected chi connectivity index (χ1v) is 6.52. The van der Waals surface area contributed by atoms with Gasteiger partial charge in [-0.15, -0.1) is 0 Å². The number of nitrogens with zero attached hydrogens (tertiary/aromatic N) is 1. The van der Waals surface area contributed by atoms with Gasteiger partial charge in [-0.3, -0.25) is 0 Å². The minimum atomic E-state index is 0.748. The van der Waals surface area contributed by atoms with Crippen LogP contribution in [0.4, 0.5) is 5.69 Å². The van der Waals surface area contributed by atoms with Crippen molar-refractivity contribution in [3.63, 3.8) is 0 Å². The molecule has 0 spiro atoms. The maximum Gasteiger partial charge on any atom is 0.207 e. The molecule has 2 aliphatic rings. The minimum absolute atomic E-state index is 0.748. The van der Waals surface area contributed by atoms with Crippen LogP contribution in [-0.2, 0) is 0 Å². The summed E-state index contributed by atoms with van der Waals surface area (Å²) in [5, 5.41) is 7.34. The molecule has 3 rings (SSSR count). The van der Waals surface area contributed by atoms with Crippen LogP contribution < -0.4 is 10.6 Å². The highest BCUT2D eigenvalue weighted by Crippen LogP contribution is 2.34. The molecule has 0 bridgehead atoms. The van der Waals surface area contributed by atoms with Gasteiger partial charge in [0.15, 0.2) is 0 Å². The van der Waals surface area contributed by atoms with Gasteiger partial charge < -0.3 is 10.6 Å². The number of benzene rings is 1. The lowest BCUT2D eigenvalue weighted by atomic mass is 10.3. The van der Waals surface area contributed by atoms with Crippen LogP contribution in [0, 0.1) is 5.92 Å². The van der Waals surface area contributed by atoms with E-state index in [9.17, 15) is 0 Å². The molecule has 16 heavy (non-hydrogen) atoms. The minimum Gasteiger partial charge on any atom is -0.355 e. The molecule has 0 amide bonds. The summed E-state index contributed by atoms with van der Waals surface area (Å²) in [6, 6.07) is 5.80. The highest BCUT2D eigenvalue weighted by Gasteiger charge is 2.22. The highest BCUT2D eigenvalue weighted by molar-refractivity contribution is 7.98. The van der Waals surface area contributed by atoms with Crippen molar-refractivity contribution in [2.75, 3.05) is 11.9 Å². The molecule has 1 aromatic carbocycles. The Labute approximate surface area is 104 Å². The molecule has 84 valence electrons. The topological polar surface area (TPSA) is 36.4 Å². The second kappa shape index (κ2) is 4.18. The number of halogens is 1. The van der Waals surface area contributed by atoms with E-state index in [-0.39, 0.29) is 0 Å². The lowest BCUT2D eigenvalue weighted by molar-refractivity contribution is 0.772. The number of hydrogen-bond acceptors (Lipinski definition) is 4. The van der Waals surface area contributed by atoms with Crippen molar-refractivity contribution in [2.45, 2.75) is 17.7 Å². The van der Waals surface area contributed by atoms with Crippen LogP contribution in [-0.4, -0.2) is 12.5 Å². The number of fused-ring (bicyclic) bond motifs is 1. The monoisotopic (exact) mass is 253 g/mol. The molecule has 5 heteroatoms. The summed E-state index contributed by atoms with van der Waals surface area (Å²) in [5.74, 6) is 1.70. The van der Waals surface area contributed by atoms with Crippen molar-refractivity contribution in [1.82, 2.24) is 5.32 Å². The molecule has 0 unspecified atom stereocenters. The maximum absolute atomic E-state index is 5.92. The van der Waals surface area contributed by atoms with E-state index in [1.807, 2.05) is 18.2 Å². The lowest BCUT2D eigenvalue weighted by Gasteiger charge is -2.18. The van der Waals surface area contributed by atoms with Gasteiger partial charge in [0.1, 0.15) is 0 Å². The molecule has 1 saturated carbocycles. The summed E-state index contributed by atoms with van der Waals surface area (Å²) in [7, 11) is 0. The quantitative estimate of drug-likeness (QED) is 0.795. The molecule has 1 fully saturated rings. The normalized spacial score (nSPS) is 18.4. The Bertz CT molecular complexity index is 443. The zero-order valence-corrected chi connectivity index (χ0v) is 10.2. The first-order chi connectivity index (χ1) is 7.81. The predicted molar refractivity (Wildman–Crippen MR) is 69.1 cm³/mol. The molecule has 0 radical (unpaired) electrons. The van der Waals surface area contributed by atoms with Crippen LogP contribution in [0.25, 0.3) is 0 Å². The number of rotatable bonds is 2. The highest BCUT2D eigenvalue weighted by atomic mass is 35.5. The van der Waals surface area contributed by atoms with Crippen LogP contribution in [0.1, 0.15) is 12.8 Å². The van der Waals surface area contributed by atoms with Crippen LogP contribution in [0.2, 0.25) is 5.02 Å². The van der Waals surface area contributed by atoms with E-state index in [0.717, 1.165) is 34.0 Å². The fourth-order valence-corrected chi connectivity index (χ4v) is 2.49. The molecule has 0 saturated heterocycles. The first-order valence-electron chi connectivity index (χ1n) is 5.37. The molecule has 1 aliphatic heterocycles. The average Bonchev–Trinajstić information content (AvgIpc) is 3.10. The maximum atomic E-state index is 5.92. The summed E-state index contributed by atoms with van der Waals surface area (Å²) < 4.78 is 4.36. The van der Waals surface area contributed by atoms with Crippen molar-refractivity contribution < 1.29 is 0 Å². The Balaban J connectivity index is 1.68. The van der Waals surface area contributed by atoms with E-state index in [4.69, 9.17) is 11.6 Å². The second-order valence-electron chi connectivity index (χ2n) is 4.12. The van der Waals surface area contributed by atoms with Gasteiger partial charge in [0.2, 0.25) is 5.96 Å². The van der Waals surface area contributed by atoms with Gasteiger partial charge in [0.25, 0.3) is 0 Å². The summed E-state index contributed by atoms with van der Waals surface area (Å²) in [4.78, 5) is 1.07. The zero-order chi connectivity index (χ0) is 11.0. The third-order valence-electron chi connectivity index (χ3n) is 2.69. The Morgan fingerprint density at radius 2 is 2.38 bits per heavy atom. The summed E-state index contributed by atoms with van der Waals surface area (Å²) in [6.07, 6.45) is 2.69. The van der Waals surface area contributed by atoms with E-state index in [2.05, 4.69) is 15.0 Å². The van der Waals surface area contributed by atoms with Crippen molar-refractivity contribution in [2.24, 2.45) is 10.3 Å². The first kappa shape index (κ1) is 10.3. The van der Waals surface area contributed by atoms with Crippen molar-refractivity contribution in [3.05, 3.63) is 23.2 Å². The number of guanidine groups is 1. The number of anilines is 1. The van der Waals surface area contributed by atoms with Gasteiger partial charge in [0, 0.05) is 23.5 Å². The number of hydrogen-bond donors (Lipinski definition) is 2. The van der Waals surface area contributed by atoms with Crippen LogP contribution in [0.15, 0.2) is 27.5 Å². The van der Waals surface area contributed by atoms with Crippen molar-refractivity contribution in [3.8, 4) is 0 Å². The molecule has 0 atom stereocenters. The standard InChI is InChI=1S/C11H12ClN3S/c12-8-3-4-9-10(5-8)16-15-11(14-9)13-6-7-1-2-7/h3-5,7H,1-2,6H2,(H2,13,14,15). The van der Waals surface area contributed by atoms with E-state index < -0.39 is 0 Å². The predicted octanol–water partition coefficient (Wildman–Crippen LogP) is 3.13. The zero-order valence-electron chi connectivity index (χ0n) is 8.66. The molecule has 0 aromatic heterocycles. The Morgan fingerprint density at radius 1 is 1.50 bits per heavy atom. The summed E-state index contributed by atoms with van der Waals surface area (Å²) in [5.41, 5.74) is 1.07. The molecule has 3 nitrogen and oxygen atoms in total.